The number of sulfone groups is 1. The van der Waals surface area contributed by atoms with Crippen molar-refractivity contribution >= 4 is 21.4 Å². The third-order valence-corrected chi connectivity index (χ3v) is 4.33. The summed E-state index contributed by atoms with van der Waals surface area (Å²) in [5, 5.41) is 2.17. The number of rotatable bonds is 4. The Morgan fingerprint density at radius 1 is 0.880 bits per heavy atom. The van der Waals surface area contributed by atoms with Gasteiger partial charge in [0, 0.05) is 17.5 Å². The first kappa shape index (κ1) is 18.8. The number of hydrogen-bond acceptors (Lipinski definition) is 3. The van der Waals surface area contributed by atoms with E-state index in [0.29, 0.717) is 0 Å². The highest BCUT2D eigenvalue weighted by Crippen LogP contribution is 2.24. The third-order valence-electron chi connectivity index (χ3n) is 3.20. The standard InChI is InChI=1S/C15H10F5NO3S/c1-25(23,24)8-4-2-7(3-5-8)21-10(22)6-9-11(16)13(18)15(20)14(19)12(9)17/h2-5H,6H2,1H3,(H,21,22). The van der Waals surface area contributed by atoms with Crippen LogP contribution in [0.2, 0.25) is 0 Å². The molecule has 2 aromatic carbocycles. The zero-order valence-electron chi connectivity index (χ0n) is 12.5. The van der Waals surface area contributed by atoms with E-state index in [2.05, 4.69) is 5.32 Å². The Morgan fingerprint density at radius 2 is 1.32 bits per heavy atom. The van der Waals surface area contributed by atoms with Crippen LogP contribution in [0.1, 0.15) is 5.56 Å². The van der Waals surface area contributed by atoms with Gasteiger partial charge in [0.05, 0.1) is 11.3 Å². The van der Waals surface area contributed by atoms with Crippen molar-refractivity contribution in [1.29, 1.82) is 0 Å². The lowest BCUT2D eigenvalue weighted by Gasteiger charge is -2.09. The molecule has 0 aliphatic rings. The highest BCUT2D eigenvalue weighted by molar-refractivity contribution is 7.90. The molecule has 0 aliphatic carbocycles. The largest absolute Gasteiger partial charge is 0.326 e. The Balaban J connectivity index is 2.22. The van der Waals surface area contributed by atoms with E-state index in [4.69, 9.17) is 0 Å². The van der Waals surface area contributed by atoms with Crippen LogP contribution in [0, 0.1) is 29.1 Å². The van der Waals surface area contributed by atoms with Gasteiger partial charge in [-0.2, -0.15) is 0 Å². The second-order valence-corrected chi connectivity index (χ2v) is 7.09. The Morgan fingerprint density at radius 3 is 1.76 bits per heavy atom. The van der Waals surface area contributed by atoms with Crippen molar-refractivity contribution in [3.63, 3.8) is 0 Å². The maximum Gasteiger partial charge on any atom is 0.229 e. The minimum atomic E-state index is -3.45. The Labute approximate surface area is 139 Å². The number of amides is 1. The van der Waals surface area contributed by atoms with Gasteiger partial charge in [-0.1, -0.05) is 0 Å². The first-order valence-electron chi connectivity index (χ1n) is 6.62. The average Bonchev–Trinajstić information content (AvgIpc) is 2.55. The predicted octanol–water partition coefficient (Wildman–Crippen LogP) is 2.97. The van der Waals surface area contributed by atoms with Crippen LogP contribution in [-0.2, 0) is 21.1 Å². The molecule has 0 aromatic heterocycles. The second-order valence-electron chi connectivity index (χ2n) is 5.07. The number of hydrogen-bond donors (Lipinski definition) is 1. The molecule has 1 N–H and O–H groups in total. The van der Waals surface area contributed by atoms with E-state index in [1.165, 1.54) is 24.3 Å². The van der Waals surface area contributed by atoms with Crippen molar-refractivity contribution < 1.29 is 35.2 Å². The van der Waals surface area contributed by atoms with Crippen molar-refractivity contribution in [3.05, 3.63) is 58.9 Å². The van der Waals surface area contributed by atoms with Gasteiger partial charge >= 0.3 is 0 Å². The molecule has 0 spiro atoms. The van der Waals surface area contributed by atoms with E-state index in [9.17, 15) is 35.2 Å². The number of halogens is 5. The lowest BCUT2D eigenvalue weighted by atomic mass is 10.1. The van der Waals surface area contributed by atoms with Gasteiger partial charge in [0.15, 0.2) is 33.1 Å². The minimum absolute atomic E-state index is 0.0229. The van der Waals surface area contributed by atoms with Gasteiger partial charge in [-0.15, -0.1) is 0 Å². The van der Waals surface area contributed by atoms with Crippen molar-refractivity contribution in [2.24, 2.45) is 0 Å². The lowest BCUT2D eigenvalue weighted by Crippen LogP contribution is -2.18. The number of nitrogens with one attached hydrogen (secondary N) is 1. The van der Waals surface area contributed by atoms with Gasteiger partial charge in [0.25, 0.3) is 0 Å². The van der Waals surface area contributed by atoms with E-state index in [-0.39, 0.29) is 10.6 Å². The maximum absolute atomic E-state index is 13.5. The molecule has 0 saturated heterocycles. The monoisotopic (exact) mass is 379 g/mol. The molecule has 0 bridgehead atoms. The molecule has 0 aliphatic heterocycles. The van der Waals surface area contributed by atoms with Crippen molar-refractivity contribution in [1.82, 2.24) is 0 Å². The molecule has 4 nitrogen and oxygen atoms in total. The average molecular weight is 379 g/mol. The molecule has 2 aromatic rings. The fourth-order valence-corrected chi connectivity index (χ4v) is 2.59. The molecule has 0 saturated carbocycles. The molecule has 0 heterocycles. The summed E-state index contributed by atoms with van der Waals surface area (Å²) in [6.07, 6.45) is -0.122. The van der Waals surface area contributed by atoms with Crippen LogP contribution in [-0.4, -0.2) is 20.6 Å². The van der Waals surface area contributed by atoms with Crippen molar-refractivity contribution in [2.75, 3.05) is 11.6 Å². The molecule has 25 heavy (non-hydrogen) atoms. The van der Waals surface area contributed by atoms with Crippen LogP contribution in [0.4, 0.5) is 27.6 Å². The smallest absolute Gasteiger partial charge is 0.229 e. The summed E-state index contributed by atoms with van der Waals surface area (Å²) in [6, 6.07) is 4.80. The quantitative estimate of drug-likeness (QED) is 0.505. The summed E-state index contributed by atoms with van der Waals surface area (Å²) in [5.41, 5.74) is -1.18. The molecule has 0 radical (unpaired) electrons. The van der Waals surface area contributed by atoms with Crippen LogP contribution in [0.5, 0.6) is 0 Å². The third kappa shape index (κ3) is 3.95. The zero-order chi connectivity index (χ0) is 18.9. The Hall–Kier alpha value is -2.49. The summed E-state index contributed by atoms with van der Waals surface area (Å²) in [6.45, 7) is 0. The molecular weight excluding hydrogens is 369 g/mol. The molecule has 0 fully saturated rings. The molecule has 1 amide bonds. The van der Waals surface area contributed by atoms with E-state index in [0.717, 1.165) is 6.26 Å². The summed E-state index contributed by atoms with van der Waals surface area (Å²) < 4.78 is 88.8. The van der Waals surface area contributed by atoms with Gasteiger partial charge in [-0.3, -0.25) is 4.79 Å². The molecule has 0 unspecified atom stereocenters. The zero-order valence-corrected chi connectivity index (χ0v) is 13.4. The fraction of sp³-hybridized carbons (Fsp3) is 0.133. The normalized spacial score (nSPS) is 11.4. The van der Waals surface area contributed by atoms with E-state index < -0.39 is 56.8 Å². The lowest BCUT2D eigenvalue weighted by molar-refractivity contribution is -0.115. The Kier molecular flexibility index (Phi) is 5.12. The summed E-state index contributed by atoms with van der Waals surface area (Å²) in [7, 11) is -3.45. The molecule has 2 rings (SSSR count). The molecule has 10 heteroatoms. The van der Waals surface area contributed by atoms with Gasteiger partial charge in [0.2, 0.25) is 11.7 Å². The van der Waals surface area contributed by atoms with Crippen molar-refractivity contribution in [2.45, 2.75) is 11.3 Å². The summed E-state index contributed by atoms with van der Waals surface area (Å²) in [4.78, 5) is 11.8. The summed E-state index contributed by atoms with van der Waals surface area (Å²) in [5.74, 6) is -11.8. The van der Waals surface area contributed by atoms with Gasteiger partial charge in [0.1, 0.15) is 0 Å². The highest BCUT2D eigenvalue weighted by atomic mass is 32.2. The molecular formula is C15H10F5NO3S. The fourth-order valence-electron chi connectivity index (χ4n) is 1.96. The number of carbonyl (C=O) groups is 1. The number of carbonyl (C=O) groups excluding carboxylic acids is 1. The predicted molar refractivity (Wildman–Crippen MR) is 78.1 cm³/mol. The van der Waals surface area contributed by atoms with E-state index in [1.54, 1.807) is 0 Å². The van der Waals surface area contributed by atoms with Crippen LogP contribution in [0.3, 0.4) is 0 Å². The Bertz CT molecular complexity index is 914. The van der Waals surface area contributed by atoms with Gasteiger partial charge in [-0.25, -0.2) is 30.4 Å². The molecule has 134 valence electrons. The number of benzene rings is 2. The summed E-state index contributed by atoms with van der Waals surface area (Å²) >= 11 is 0. The van der Waals surface area contributed by atoms with Gasteiger partial charge in [-0.05, 0) is 24.3 Å². The van der Waals surface area contributed by atoms with Gasteiger partial charge < -0.3 is 5.32 Å². The van der Waals surface area contributed by atoms with Crippen LogP contribution in [0.25, 0.3) is 0 Å². The minimum Gasteiger partial charge on any atom is -0.326 e. The first-order chi connectivity index (χ1) is 11.5. The molecule has 0 atom stereocenters. The number of anilines is 1. The van der Waals surface area contributed by atoms with Crippen LogP contribution >= 0.6 is 0 Å². The van der Waals surface area contributed by atoms with Crippen LogP contribution < -0.4 is 5.32 Å². The van der Waals surface area contributed by atoms with E-state index in [1.807, 2.05) is 0 Å². The SMILES string of the molecule is CS(=O)(=O)c1ccc(NC(=O)Cc2c(F)c(F)c(F)c(F)c2F)cc1. The maximum atomic E-state index is 13.5. The van der Waals surface area contributed by atoms with E-state index >= 15 is 0 Å². The topological polar surface area (TPSA) is 63.2 Å². The second kappa shape index (κ2) is 6.79. The first-order valence-corrected chi connectivity index (χ1v) is 8.51. The highest BCUT2D eigenvalue weighted by Gasteiger charge is 2.26. The van der Waals surface area contributed by atoms with Crippen molar-refractivity contribution in [3.8, 4) is 0 Å². The van der Waals surface area contributed by atoms with Crippen LogP contribution in [0.15, 0.2) is 29.2 Å².